The zero-order valence-corrected chi connectivity index (χ0v) is 21.1. The Morgan fingerprint density at radius 1 is 1.14 bits per heavy atom. The van der Waals surface area contributed by atoms with Crippen LogP contribution < -0.4 is 21.7 Å². The number of carbonyl (C=O) groups excluding carboxylic acids is 2. The molecule has 0 spiro atoms. The second-order valence-corrected chi connectivity index (χ2v) is 8.52. The van der Waals surface area contributed by atoms with Gasteiger partial charge in [-0.3, -0.25) is 15.0 Å². The van der Waals surface area contributed by atoms with E-state index in [9.17, 15) is 9.59 Å². The lowest BCUT2D eigenvalue weighted by molar-refractivity contribution is -0.144. The summed E-state index contributed by atoms with van der Waals surface area (Å²) in [4.78, 5) is 26.6. The molecule has 6 N–H and O–H groups in total. The summed E-state index contributed by atoms with van der Waals surface area (Å²) in [6, 6.07) is 10.0. The van der Waals surface area contributed by atoms with Gasteiger partial charge in [0, 0.05) is 28.5 Å². The van der Waals surface area contributed by atoms with Gasteiger partial charge in [0.25, 0.3) is 0 Å². The maximum atomic E-state index is 13.1. The fraction of sp³-hybridized carbons (Fsp3) is 0.370. The van der Waals surface area contributed by atoms with Crippen LogP contribution >= 0.6 is 0 Å². The minimum atomic E-state index is -0.980. The molecule has 0 radical (unpaired) electrons. The molecule has 2 aromatic carbocycles. The van der Waals surface area contributed by atoms with Gasteiger partial charge in [0.1, 0.15) is 5.84 Å². The van der Waals surface area contributed by atoms with Crippen LogP contribution in [-0.2, 0) is 14.3 Å². The average molecular weight is 478 g/mol. The van der Waals surface area contributed by atoms with Gasteiger partial charge in [-0.05, 0) is 82.1 Å². The SMILES string of the molecule is CCOC(=O)CC(N)C(=O)N(c1cc(C)c(C#CCNc2ccc(C(=N)N)cc2)cc1C)C(C)C. The van der Waals surface area contributed by atoms with Crippen LogP contribution in [0.15, 0.2) is 36.4 Å². The molecule has 0 aliphatic rings. The third kappa shape index (κ3) is 7.59. The van der Waals surface area contributed by atoms with Crippen molar-refractivity contribution < 1.29 is 14.3 Å². The van der Waals surface area contributed by atoms with E-state index in [0.29, 0.717) is 12.1 Å². The Labute approximate surface area is 207 Å². The van der Waals surface area contributed by atoms with Crippen LogP contribution in [0.1, 0.15) is 49.4 Å². The van der Waals surface area contributed by atoms with E-state index in [4.69, 9.17) is 21.6 Å². The fourth-order valence-electron chi connectivity index (χ4n) is 3.57. The summed E-state index contributed by atoms with van der Waals surface area (Å²) in [7, 11) is 0. The summed E-state index contributed by atoms with van der Waals surface area (Å²) in [5.41, 5.74) is 16.5. The molecule has 2 rings (SSSR count). The Kier molecular flexibility index (Phi) is 9.86. The molecular formula is C27H35N5O3. The molecule has 0 bridgehead atoms. The number of amidine groups is 1. The molecular weight excluding hydrogens is 442 g/mol. The van der Waals surface area contributed by atoms with Gasteiger partial charge in [-0.15, -0.1) is 0 Å². The third-order valence-corrected chi connectivity index (χ3v) is 5.37. The van der Waals surface area contributed by atoms with Crippen molar-refractivity contribution >= 4 is 29.1 Å². The van der Waals surface area contributed by atoms with E-state index in [-0.39, 0.29) is 30.8 Å². The normalized spacial score (nSPS) is 11.3. The number of hydrogen-bond donors (Lipinski definition) is 4. The lowest BCUT2D eigenvalue weighted by atomic mass is 10.0. The van der Waals surface area contributed by atoms with Crippen molar-refractivity contribution in [2.75, 3.05) is 23.4 Å². The van der Waals surface area contributed by atoms with Crippen molar-refractivity contribution in [2.45, 2.75) is 53.1 Å². The molecule has 8 heteroatoms. The van der Waals surface area contributed by atoms with Crippen LogP contribution in [0, 0.1) is 31.1 Å². The molecule has 0 heterocycles. The van der Waals surface area contributed by atoms with E-state index in [1.807, 2.05) is 52.0 Å². The van der Waals surface area contributed by atoms with Crippen LogP contribution in [0.3, 0.4) is 0 Å². The summed E-state index contributed by atoms with van der Waals surface area (Å²) in [6.45, 7) is 10.1. The van der Waals surface area contributed by atoms with Gasteiger partial charge in [-0.1, -0.05) is 11.8 Å². The van der Waals surface area contributed by atoms with Crippen molar-refractivity contribution in [3.8, 4) is 11.8 Å². The lowest BCUT2D eigenvalue weighted by Crippen LogP contribution is -2.48. The van der Waals surface area contributed by atoms with Crippen molar-refractivity contribution in [1.29, 1.82) is 5.41 Å². The smallest absolute Gasteiger partial charge is 0.307 e. The monoisotopic (exact) mass is 477 g/mol. The summed E-state index contributed by atoms with van der Waals surface area (Å²) in [5.74, 6) is 5.53. The lowest BCUT2D eigenvalue weighted by Gasteiger charge is -2.31. The zero-order chi connectivity index (χ0) is 26.1. The van der Waals surface area contributed by atoms with E-state index in [0.717, 1.165) is 28.1 Å². The molecule has 1 atom stereocenters. The maximum absolute atomic E-state index is 13.1. The number of nitrogen functional groups attached to an aromatic ring is 1. The number of hydrogen-bond acceptors (Lipinski definition) is 6. The first-order valence-electron chi connectivity index (χ1n) is 11.6. The van der Waals surface area contributed by atoms with Gasteiger partial charge in [-0.25, -0.2) is 0 Å². The first kappa shape index (κ1) is 27.4. The Morgan fingerprint density at radius 3 is 2.37 bits per heavy atom. The number of carbonyl (C=O) groups is 2. The molecule has 2 aromatic rings. The fourth-order valence-corrected chi connectivity index (χ4v) is 3.57. The number of benzene rings is 2. The largest absolute Gasteiger partial charge is 0.466 e. The Hall–Kier alpha value is -3.83. The van der Waals surface area contributed by atoms with Gasteiger partial charge in [0.05, 0.1) is 25.6 Å². The Morgan fingerprint density at radius 2 is 1.80 bits per heavy atom. The Balaban J connectivity index is 2.16. The van der Waals surface area contributed by atoms with Gasteiger partial charge in [0.2, 0.25) is 5.91 Å². The molecule has 8 nitrogen and oxygen atoms in total. The molecule has 1 amide bonds. The highest BCUT2D eigenvalue weighted by atomic mass is 16.5. The van der Waals surface area contributed by atoms with Gasteiger partial charge < -0.3 is 26.4 Å². The van der Waals surface area contributed by atoms with Crippen LogP contribution in [0.5, 0.6) is 0 Å². The number of anilines is 2. The van der Waals surface area contributed by atoms with E-state index in [2.05, 4.69) is 17.2 Å². The van der Waals surface area contributed by atoms with Crippen molar-refractivity contribution in [1.82, 2.24) is 0 Å². The van der Waals surface area contributed by atoms with E-state index < -0.39 is 12.0 Å². The molecule has 0 aliphatic carbocycles. The second-order valence-electron chi connectivity index (χ2n) is 8.52. The van der Waals surface area contributed by atoms with Crippen molar-refractivity contribution in [3.05, 3.63) is 58.7 Å². The molecule has 0 aromatic heterocycles. The van der Waals surface area contributed by atoms with Crippen LogP contribution in [0.2, 0.25) is 0 Å². The number of nitrogens with zero attached hydrogens (tertiary/aromatic N) is 1. The predicted octanol–water partition coefficient (Wildman–Crippen LogP) is 3.07. The minimum Gasteiger partial charge on any atom is -0.466 e. The highest BCUT2D eigenvalue weighted by Crippen LogP contribution is 2.27. The van der Waals surface area contributed by atoms with E-state index in [1.54, 1.807) is 24.0 Å². The zero-order valence-electron chi connectivity index (χ0n) is 21.1. The molecule has 0 fully saturated rings. The van der Waals surface area contributed by atoms with Gasteiger partial charge >= 0.3 is 5.97 Å². The first-order chi connectivity index (χ1) is 16.5. The number of amides is 1. The molecule has 0 aliphatic heterocycles. The topological polar surface area (TPSA) is 135 Å². The quantitative estimate of drug-likeness (QED) is 0.190. The number of nitrogens with one attached hydrogen (secondary N) is 2. The number of nitrogens with two attached hydrogens (primary N) is 2. The molecule has 0 saturated carbocycles. The summed E-state index contributed by atoms with van der Waals surface area (Å²) < 4.78 is 4.93. The van der Waals surface area contributed by atoms with Crippen molar-refractivity contribution in [3.63, 3.8) is 0 Å². The predicted molar refractivity (Wildman–Crippen MR) is 141 cm³/mol. The minimum absolute atomic E-state index is 0.0318. The molecule has 1 unspecified atom stereocenters. The second kappa shape index (κ2) is 12.6. The number of esters is 1. The molecule has 186 valence electrons. The first-order valence-corrected chi connectivity index (χ1v) is 11.6. The van der Waals surface area contributed by atoms with Crippen LogP contribution in [0.4, 0.5) is 11.4 Å². The van der Waals surface area contributed by atoms with Crippen molar-refractivity contribution in [2.24, 2.45) is 11.5 Å². The highest BCUT2D eigenvalue weighted by Gasteiger charge is 2.28. The number of aryl methyl sites for hydroxylation is 2. The average Bonchev–Trinajstić information content (AvgIpc) is 2.79. The third-order valence-electron chi connectivity index (χ3n) is 5.37. The summed E-state index contributed by atoms with van der Waals surface area (Å²) >= 11 is 0. The highest BCUT2D eigenvalue weighted by molar-refractivity contribution is 6.00. The standard InChI is InChI=1S/C27H35N5O3/c1-6-35-25(33)16-23(28)27(34)32(17(2)3)24-15-18(4)21(14-19(24)5)8-7-13-31-22-11-9-20(10-12-22)26(29)30/h9-12,14-15,17,23,31H,6,13,16,28H2,1-5H3,(H3,29,30). The number of ether oxygens (including phenoxy) is 1. The molecule has 0 saturated heterocycles. The van der Waals surface area contributed by atoms with Crippen LogP contribution in [0.25, 0.3) is 0 Å². The Bertz CT molecular complexity index is 1130. The van der Waals surface area contributed by atoms with E-state index in [1.165, 1.54) is 0 Å². The number of rotatable bonds is 9. The van der Waals surface area contributed by atoms with Crippen LogP contribution in [-0.4, -0.2) is 42.9 Å². The van der Waals surface area contributed by atoms with Gasteiger partial charge in [-0.2, -0.15) is 0 Å². The summed E-state index contributed by atoms with van der Waals surface area (Å²) in [6.07, 6.45) is -0.165. The maximum Gasteiger partial charge on any atom is 0.307 e. The van der Waals surface area contributed by atoms with E-state index >= 15 is 0 Å². The molecule has 35 heavy (non-hydrogen) atoms. The van der Waals surface area contributed by atoms with Gasteiger partial charge in [0.15, 0.2) is 0 Å². The summed E-state index contributed by atoms with van der Waals surface area (Å²) in [5, 5.41) is 10.7.